The summed E-state index contributed by atoms with van der Waals surface area (Å²) in [6.07, 6.45) is 0. The zero-order valence-electron chi connectivity index (χ0n) is 11.0. The first kappa shape index (κ1) is 15.4. The first-order chi connectivity index (χ1) is 9.34. The Bertz CT molecular complexity index is 747. The maximum Gasteiger partial charge on any atom is 0.265 e. The summed E-state index contributed by atoms with van der Waals surface area (Å²) >= 11 is 9.31. The molecule has 106 valence electrons. The minimum atomic E-state index is -3.68. The van der Waals surface area contributed by atoms with Crippen LogP contribution in [0.25, 0.3) is 0 Å². The molecule has 2 aromatic rings. The van der Waals surface area contributed by atoms with Crippen molar-refractivity contribution in [3.8, 4) is 0 Å². The lowest BCUT2D eigenvalue weighted by atomic mass is 10.2. The van der Waals surface area contributed by atoms with E-state index in [1.165, 1.54) is 17.4 Å². The highest BCUT2D eigenvalue weighted by Gasteiger charge is 2.24. The Kier molecular flexibility index (Phi) is 4.42. The fourth-order valence-corrected chi connectivity index (χ4v) is 4.15. The molecule has 0 fully saturated rings. The van der Waals surface area contributed by atoms with Crippen molar-refractivity contribution in [1.29, 1.82) is 0 Å². The van der Waals surface area contributed by atoms with Crippen LogP contribution in [-0.4, -0.2) is 15.5 Å². The Hall–Kier alpha value is -1.04. The molecule has 0 aromatic heterocycles. The van der Waals surface area contributed by atoms with Gasteiger partial charge in [-0.2, -0.15) is 0 Å². The highest BCUT2D eigenvalue weighted by atomic mass is 79.9. The second-order valence-corrected chi connectivity index (χ2v) is 7.59. The van der Waals surface area contributed by atoms with Crippen molar-refractivity contribution < 1.29 is 8.42 Å². The average molecular weight is 375 g/mol. The molecule has 2 rings (SSSR count). The number of rotatable bonds is 3. The number of sulfonamides is 1. The lowest BCUT2D eigenvalue weighted by molar-refractivity contribution is 0.594. The molecule has 0 heterocycles. The van der Waals surface area contributed by atoms with Gasteiger partial charge in [-0.05, 0) is 36.8 Å². The molecule has 3 nitrogen and oxygen atoms in total. The molecule has 0 amide bonds. The minimum Gasteiger partial charge on any atom is -0.269 e. The van der Waals surface area contributed by atoms with E-state index in [0.717, 1.165) is 10.0 Å². The summed E-state index contributed by atoms with van der Waals surface area (Å²) in [5.74, 6) is 0. The lowest BCUT2D eigenvalue weighted by Crippen LogP contribution is -2.27. The summed E-state index contributed by atoms with van der Waals surface area (Å²) in [7, 11) is -2.16. The molecule has 0 atom stereocenters. The van der Waals surface area contributed by atoms with Crippen molar-refractivity contribution >= 4 is 43.2 Å². The third-order valence-electron chi connectivity index (χ3n) is 2.99. The number of aryl methyl sites for hydroxylation is 1. The largest absolute Gasteiger partial charge is 0.269 e. The summed E-state index contributed by atoms with van der Waals surface area (Å²) < 4.78 is 27.3. The number of nitrogens with zero attached hydrogens (tertiary/aromatic N) is 1. The van der Waals surface area contributed by atoms with E-state index in [-0.39, 0.29) is 9.92 Å². The van der Waals surface area contributed by atoms with Crippen LogP contribution in [0.5, 0.6) is 0 Å². The van der Waals surface area contributed by atoms with Crippen molar-refractivity contribution in [2.45, 2.75) is 11.8 Å². The van der Waals surface area contributed by atoms with Gasteiger partial charge in [-0.25, -0.2) is 8.42 Å². The van der Waals surface area contributed by atoms with E-state index in [1.807, 2.05) is 19.1 Å². The molecule has 0 saturated carbocycles. The SMILES string of the molecule is Cc1ccccc1N(C)S(=O)(=O)c1ccc(Br)cc1Cl. The monoisotopic (exact) mass is 373 g/mol. The smallest absolute Gasteiger partial charge is 0.265 e. The van der Waals surface area contributed by atoms with Crippen LogP contribution in [0.1, 0.15) is 5.56 Å². The molecule has 0 unspecified atom stereocenters. The number of hydrogen-bond acceptors (Lipinski definition) is 2. The van der Waals surface area contributed by atoms with E-state index >= 15 is 0 Å². The van der Waals surface area contributed by atoms with Crippen LogP contribution in [0.3, 0.4) is 0 Å². The maximum atomic E-state index is 12.6. The summed E-state index contributed by atoms with van der Waals surface area (Å²) in [6.45, 7) is 1.87. The molecule has 0 radical (unpaired) electrons. The standard InChI is InChI=1S/C14H13BrClNO2S/c1-10-5-3-4-6-13(10)17(2)20(18,19)14-8-7-11(15)9-12(14)16/h3-9H,1-2H3. The van der Waals surface area contributed by atoms with Gasteiger partial charge in [0.25, 0.3) is 10.0 Å². The zero-order chi connectivity index (χ0) is 14.9. The number of anilines is 1. The highest BCUT2D eigenvalue weighted by Crippen LogP contribution is 2.30. The predicted octanol–water partition coefficient (Wildman–Crippen LogP) is 4.24. The summed E-state index contributed by atoms with van der Waals surface area (Å²) in [4.78, 5) is 0.0909. The van der Waals surface area contributed by atoms with E-state index in [4.69, 9.17) is 11.6 Å². The van der Waals surface area contributed by atoms with Gasteiger partial charge in [0.05, 0.1) is 10.7 Å². The van der Waals surface area contributed by atoms with Gasteiger partial charge in [-0.3, -0.25) is 4.31 Å². The van der Waals surface area contributed by atoms with Gasteiger partial charge in [0.15, 0.2) is 0 Å². The van der Waals surface area contributed by atoms with Gasteiger partial charge in [0, 0.05) is 11.5 Å². The van der Waals surface area contributed by atoms with Gasteiger partial charge in [0.2, 0.25) is 0 Å². The van der Waals surface area contributed by atoms with Crippen LogP contribution in [0.4, 0.5) is 5.69 Å². The molecule has 0 bridgehead atoms. The molecule has 0 aliphatic heterocycles. The van der Waals surface area contributed by atoms with E-state index in [9.17, 15) is 8.42 Å². The lowest BCUT2D eigenvalue weighted by Gasteiger charge is -2.22. The maximum absolute atomic E-state index is 12.6. The predicted molar refractivity (Wildman–Crippen MR) is 85.9 cm³/mol. The first-order valence-electron chi connectivity index (χ1n) is 5.83. The van der Waals surface area contributed by atoms with Crippen LogP contribution in [0, 0.1) is 6.92 Å². The van der Waals surface area contributed by atoms with Crippen LogP contribution in [0.15, 0.2) is 51.8 Å². The van der Waals surface area contributed by atoms with E-state index in [0.29, 0.717) is 5.69 Å². The Morgan fingerprint density at radius 2 is 1.80 bits per heavy atom. The summed E-state index contributed by atoms with van der Waals surface area (Å²) in [5.41, 5.74) is 1.51. The molecular weight excluding hydrogens is 362 g/mol. The summed E-state index contributed by atoms with van der Waals surface area (Å²) in [6, 6.07) is 12.0. The second-order valence-electron chi connectivity index (χ2n) is 4.33. The number of benzene rings is 2. The second kappa shape index (κ2) is 5.76. The molecular formula is C14H13BrClNO2S. The normalized spacial score (nSPS) is 11.4. The van der Waals surface area contributed by atoms with E-state index in [1.54, 1.807) is 24.3 Å². The van der Waals surface area contributed by atoms with Gasteiger partial charge in [-0.1, -0.05) is 45.7 Å². The molecule has 6 heteroatoms. The molecule has 2 aromatic carbocycles. The van der Waals surface area contributed by atoms with Crippen molar-refractivity contribution in [3.05, 3.63) is 57.5 Å². The molecule has 0 saturated heterocycles. The van der Waals surface area contributed by atoms with Crippen LogP contribution in [0.2, 0.25) is 5.02 Å². The third kappa shape index (κ3) is 2.85. The first-order valence-corrected chi connectivity index (χ1v) is 8.45. The Labute approximate surface area is 132 Å². The molecule has 0 N–H and O–H groups in total. The number of para-hydroxylation sites is 1. The van der Waals surface area contributed by atoms with Crippen molar-refractivity contribution in [2.75, 3.05) is 11.4 Å². The van der Waals surface area contributed by atoms with Crippen LogP contribution in [-0.2, 0) is 10.0 Å². The summed E-state index contributed by atoms with van der Waals surface area (Å²) in [5, 5.41) is 0.194. The molecule has 0 aliphatic rings. The molecule has 0 spiro atoms. The van der Waals surface area contributed by atoms with E-state index < -0.39 is 10.0 Å². The van der Waals surface area contributed by atoms with Crippen LogP contribution < -0.4 is 4.31 Å². The minimum absolute atomic E-state index is 0.0909. The Balaban J connectivity index is 2.53. The highest BCUT2D eigenvalue weighted by molar-refractivity contribution is 9.10. The van der Waals surface area contributed by atoms with Gasteiger partial charge in [0.1, 0.15) is 4.90 Å². The number of hydrogen-bond donors (Lipinski definition) is 0. The van der Waals surface area contributed by atoms with Gasteiger partial charge in [-0.15, -0.1) is 0 Å². The Morgan fingerprint density at radius 1 is 1.15 bits per heavy atom. The molecule has 20 heavy (non-hydrogen) atoms. The van der Waals surface area contributed by atoms with Crippen molar-refractivity contribution in [3.63, 3.8) is 0 Å². The fourth-order valence-electron chi connectivity index (χ4n) is 1.88. The zero-order valence-corrected chi connectivity index (χ0v) is 14.1. The topological polar surface area (TPSA) is 37.4 Å². The molecule has 0 aliphatic carbocycles. The van der Waals surface area contributed by atoms with Gasteiger partial charge < -0.3 is 0 Å². The third-order valence-corrected chi connectivity index (χ3v) is 5.73. The number of halogens is 2. The van der Waals surface area contributed by atoms with Gasteiger partial charge >= 0.3 is 0 Å². The van der Waals surface area contributed by atoms with Crippen LogP contribution >= 0.6 is 27.5 Å². The Morgan fingerprint density at radius 3 is 2.40 bits per heavy atom. The quantitative estimate of drug-likeness (QED) is 0.806. The van der Waals surface area contributed by atoms with Crippen molar-refractivity contribution in [2.24, 2.45) is 0 Å². The average Bonchev–Trinajstić information content (AvgIpc) is 2.38. The fraction of sp³-hybridized carbons (Fsp3) is 0.143. The van der Waals surface area contributed by atoms with Crippen molar-refractivity contribution in [1.82, 2.24) is 0 Å². The van der Waals surface area contributed by atoms with E-state index in [2.05, 4.69) is 15.9 Å².